The van der Waals surface area contributed by atoms with Crippen molar-refractivity contribution in [1.29, 1.82) is 0 Å². The third-order valence-electron chi connectivity index (χ3n) is 7.76. The fourth-order valence-electron chi connectivity index (χ4n) is 5.51. The molecule has 0 bridgehead atoms. The number of alkyl halides is 2. The Balaban J connectivity index is 1.23. The SMILES string of the molecule is Cn1cc([C@@H]2C[C@H]2c2c(C(=O)O)cnn2-c2cccc(-c3cccc(OCC4CCC(F)(F)CC4)c3)c2)nn1. The maximum Gasteiger partial charge on any atom is 0.339 e. The van der Waals surface area contributed by atoms with Crippen LogP contribution in [-0.2, 0) is 7.05 Å². The molecule has 2 heterocycles. The Hall–Kier alpha value is -4.08. The summed E-state index contributed by atoms with van der Waals surface area (Å²) in [5, 5.41) is 22.6. The quantitative estimate of drug-likeness (QED) is 0.306. The Kier molecular flexibility index (Phi) is 6.40. The number of benzene rings is 2. The lowest BCUT2D eigenvalue weighted by Gasteiger charge is -2.28. The molecule has 0 spiro atoms. The first-order chi connectivity index (χ1) is 18.8. The van der Waals surface area contributed by atoms with Gasteiger partial charge < -0.3 is 9.84 Å². The van der Waals surface area contributed by atoms with Crippen LogP contribution in [-0.4, -0.2) is 48.4 Å². The summed E-state index contributed by atoms with van der Waals surface area (Å²) < 4.78 is 36.3. The molecule has 6 rings (SSSR count). The number of nitrogens with zero attached hydrogens (tertiary/aromatic N) is 5. The van der Waals surface area contributed by atoms with E-state index in [0.717, 1.165) is 28.9 Å². The van der Waals surface area contributed by atoms with E-state index in [1.807, 2.05) is 61.8 Å². The summed E-state index contributed by atoms with van der Waals surface area (Å²) in [6, 6.07) is 15.5. The first-order valence-corrected chi connectivity index (χ1v) is 13.2. The number of rotatable bonds is 8. The van der Waals surface area contributed by atoms with Crippen LogP contribution in [0.1, 0.15) is 65.7 Å². The van der Waals surface area contributed by atoms with Gasteiger partial charge in [0, 0.05) is 37.9 Å². The van der Waals surface area contributed by atoms with Crippen molar-refractivity contribution in [2.75, 3.05) is 6.61 Å². The lowest BCUT2D eigenvalue weighted by atomic mass is 9.87. The van der Waals surface area contributed by atoms with Gasteiger partial charge in [-0.25, -0.2) is 18.3 Å². The second-order valence-corrected chi connectivity index (χ2v) is 10.6. The number of carbonyl (C=O) groups is 1. The van der Waals surface area contributed by atoms with E-state index in [2.05, 4.69) is 15.4 Å². The van der Waals surface area contributed by atoms with Crippen molar-refractivity contribution < 1.29 is 23.4 Å². The standard InChI is InChI=1S/C29H29F2N5O3/c1-35-16-26(33-34-35)23-14-24(23)27-25(28(37)38)15-32-36(27)21-6-2-4-19(12-21)20-5-3-7-22(13-20)39-17-18-8-10-29(30,31)11-9-18/h2-7,12-13,15-16,18,23-24H,8-11,14,17H2,1H3,(H,37,38)/t23-,24-/m1/s1. The lowest BCUT2D eigenvalue weighted by Crippen LogP contribution is -2.27. The van der Waals surface area contributed by atoms with Gasteiger partial charge in [-0.1, -0.05) is 29.5 Å². The van der Waals surface area contributed by atoms with Crippen molar-refractivity contribution in [1.82, 2.24) is 24.8 Å². The van der Waals surface area contributed by atoms with Crippen molar-refractivity contribution in [2.45, 2.75) is 49.9 Å². The van der Waals surface area contributed by atoms with Gasteiger partial charge in [-0.15, -0.1) is 5.10 Å². The fourth-order valence-corrected chi connectivity index (χ4v) is 5.51. The molecule has 202 valence electrons. The molecular formula is C29H29F2N5O3. The monoisotopic (exact) mass is 533 g/mol. The normalized spacial score (nSPS) is 20.6. The third-order valence-corrected chi connectivity index (χ3v) is 7.76. The van der Waals surface area contributed by atoms with Gasteiger partial charge in [-0.2, -0.15) is 5.10 Å². The van der Waals surface area contributed by atoms with Gasteiger partial charge in [-0.05, 0) is 60.6 Å². The Morgan fingerprint density at radius 1 is 1.10 bits per heavy atom. The number of ether oxygens (including phenoxy) is 1. The molecule has 39 heavy (non-hydrogen) atoms. The van der Waals surface area contributed by atoms with E-state index < -0.39 is 11.9 Å². The molecule has 2 saturated carbocycles. The van der Waals surface area contributed by atoms with Crippen LogP contribution >= 0.6 is 0 Å². The molecule has 8 nitrogen and oxygen atoms in total. The minimum absolute atomic E-state index is 0.0181. The van der Waals surface area contributed by atoms with Gasteiger partial charge >= 0.3 is 5.97 Å². The molecular weight excluding hydrogens is 504 g/mol. The Labute approximate surface area is 224 Å². The number of carboxylic acid groups (broad SMARTS) is 1. The van der Waals surface area contributed by atoms with Crippen LogP contribution in [0, 0.1) is 5.92 Å². The average molecular weight is 534 g/mol. The van der Waals surface area contributed by atoms with E-state index in [1.54, 1.807) is 9.36 Å². The molecule has 4 aromatic rings. The highest BCUT2D eigenvalue weighted by atomic mass is 19.3. The van der Waals surface area contributed by atoms with Crippen LogP contribution in [0.25, 0.3) is 16.8 Å². The molecule has 2 atom stereocenters. The summed E-state index contributed by atoms with van der Waals surface area (Å²) in [7, 11) is 1.81. The molecule has 2 fully saturated rings. The summed E-state index contributed by atoms with van der Waals surface area (Å²) >= 11 is 0. The molecule has 0 radical (unpaired) electrons. The molecule has 0 aliphatic heterocycles. The van der Waals surface area contributed by atoms with Crippen LogP contribution in [0.15, 0.2) is 60.9 Å². The van der Waals surface area contributed by atoms with Crippen LogP contribution in [0.2, 0.25) is 0 Å². The Morgan fingerprint density at radius 2 is 1.85 bits per heavy atom. The smallest absolute Gasteiger partial charge is 0.339 e. The first-order valence-electron chi connectivity index (χ1n) is 13.2. The summed E-state index contributed by atoms with van der Waals surface area (Å²) in [5.74, 6) is -2.66. The van der Waals surface area contributed by atoms with E-state index in [-0.39, 0.29) is 36.2 Å². The van der Waals surface area contributed by atoms with E-state index in [0.29, 0.717) is 30.9 Å². The molecule has 0 amide bonds. The van der Waals surface area contributed by atoms with Crippen molar-refractivity contribution >= 4 is 5.97 Å². The largest absolute Gasteiger partial charge is 0.493 e. The van der Waals surface area contributed by atoms with Crippen molar-refractivity contribution in [2.24, 2.45) is 13.0 Å². The Morgan fingerprint density at radius 3 is 2.56 bits per heavy atom. The highest BCUT2D eigenvalue weighted by Crippen LogP contribution is 2.55. The zero-order valence-corrected chi connectivity index (χ0v) is 21.5. The second-order valence-electron chi connectivity index (χ2n) is 10.6. The number of hydrogen-bond acceptors (Lipinski definition) is 5. The zero-order valence-electron chi connectivity index (χ0n) is 21.5. The van der Waals surface area contributed by atoms with Crippen molar-refractivity contribution in [3.05, 3.63) is 77.9 Å². The Bertz CT molecular complexity index is 1500. The van der Waals surface area contributed by atoms with Crippen LogP contribution < -0.4 is 4.74 Å². The minimum Gasteiger partial charge on any atom is -0.493 e. The van der Waals surface area contributed by atoms with E-state index in [4.69, 9.17) is 4.74 Å². The highest BCUT2D eigenvalue weighted by Gasteiger charge is 2.46. The summed E-state index contributed by atoms with van der Waals surface area (Å²) in [4.78, 5) is 12.0. The molecule has 0 saturated heterocycles. The predicted molar refractivity (Wildman–Crippen MR) is 139 cm³/mol. The van der Waals surface area contributed by atoms with E-state index in [9.17, 15) is 18.7 Å². The van der Waals surface area contributed by atoms with Crippen molar-refractivity contribution in [3.8, 4) is 22.6 Å². The molecule has 2 aliphatic carbocycles. The topological polar surface area (TPSA) is 95.1 Å². The van der Waals surface area contributed by atoms with E-state index >= 15 is 0 Å². The van der Waals surface area contributed by atoms with Gasteiger partial charge in [0.1, 0.15) is 11.3 Å². The van der Waals surface area contributed by atoms with Gasteiger partial charge in [0.15, 0.2) is 0 Å². The lowest BCUT2D eigenvalue weighted by molar-refractivity contribution is -0.0498. The summed E-state index contributed by atoms with van der Waals surface area (Å²) in [6.45, 7) is 0.419. The molecule has 2 aromatic carbocycles. The van der Waals surface area contributed by atoms with Gasteiger partial charge in [0.05, 0.1) is 29.9 Å². The van der Waals surface area contributed by atoms with Crippen molar-refractivity contribution in [3.63, 3.8) is 0 Å². The van der Waals surface area contributed by atoms with E-state index in [1.165, 1.54) is 6.20 Å². The van der Waals surface area contributed by atoms with Crippen LogP contribution in [0.5, 0.6) is 5.75 Å². The number of hydrogen-bond donors (Lipinski definition) is 1. The average Bonchev–Trinajstić information content (AvgIpc) is 3.37. The van der Waals surface area contributed by atoms with Gasteiger partial charge in [0.25, 0.3) is 0 Å². The maximum absolute atomic E-state index is 13.5. The maximum atomic E-state index is 13.5. The first kappa shape index (κ1) is 25.2. The number of aromatic nitrogens is 5. The zero-order chi connectivity index (χ0) is 27.1. The van der Waals surface area contributed by atoms with Gasteiger partial charge in [-0.3, -0.25) is 4.68 Å². The molecule has 10 heteroatoms. The number of aromatic carboxylic acids is 1. The fraction of sp³-hybridized carbons (Fsp3) is 0.379. The minimum atomic E-state index is -2.54. The van der Waals surface area contributed by atoms with Crippen LogP contribution in [0.3, 0.4) is 0 Å². The predicted octanol–water partition coefficient (Wildman–Crippen LogP) is 5.84. The summed E-state index contributed by atoms with van der Waals surface area (Å²) in [5.41, 5.74) is 4.31. The van der Waals surface area contributed by atoms with Gasteiger partial charge in [0.2, 0.25) is 5.92 Å². The summed E-state index contributed by atoms with van der Waals surface area (Å²) in [6.07, 6.45) is 4.84. The number of halogens is 2. The number of aryl methyl sites for hydroxylation is 1. The second kappa shape index (κ2) is 9.91. The number of carboxylic acids is 1. The molecule has 2 aromatic heterocycles. The molecule has 0 unspecified atom stereocenters. The highest BCUT2D eigenvalue weighted by molar-refractivity contribution is 5.89. The molecule has 2 aliphatic rings. The molecule has 1 N–H and O–H groups in total. The third kappa shape index (κ3) is 5.28. The van der Waals surface area contributed by atoms with Crippen LogP contribution in [0.4, 0.5) is 8.78 Å².